The summed E-state index contributed by atoms with van der Waals surface area (Å²) in [6, 6.07) is 43.6. The number of imidazole rings is 1. The minimum Gasteiger partial charge on any atom is -0.507 e. The molecule has 1 N–H and O–H groups in total. The summed E-state index contributed by atoms with van der Waals surface area (Å²) in [6.45, 7) is 23.8. The summed E-state index contributed by atoms with van der Waals surface area (Å²) in [4.78, 5) is 10.4. The predicted octanol–water partition coefficient (Wildman–Crippen LogP) is 16.7. The molecule has 5 heteroatoms. The molecule has 0 aliphatic heterocycles. The third kappa shape index (κ3) is 9.37. The van der Waals surface area contributed by atoms with Crippen LogP contribution in [0.2, 0.25) is 0 Å². The van der Waals surface area contributed by atoms with E-state index in [9.17, 15) is 12.0 Å². The SMILES string of the molecule is [2H]C([2H])([2H])c1cc(-c2c(C([2H])(C)C)cccc2C([2H])(C)C)ccc1-n1c(-c2cc(C(C)(C)C)cc(C(C)(C)C)c2O)nc2c(-c3[c-]c(-c4cc(-c5ccccc5)ccn4)cc(C(C)(C)C)c3)cccc21.[Pt]. The molecule has 0 bridgehead atoms. The van der Waals surface area contributed by atoms with Crippen LogP contribution in [0.1, 0.15) is 142 Å². The summed E-state index contributed by atoms with van der Waals surface area (Å²) < 4.78 is 47.8. The fourth-order valence-electron chi connectivity index (χ4n) is 8.81. The van der Waals surface area contributed by atoms with E-state index in [1.807, 2.05) is 117 Å². The van der Waals surface area contributed by atoms with Gasteiger partial charge in [-0.3, -0.25) is 9.55 Å². The molecule has 2 aromatic heterocycles. The molecule has 0 amide bonds. The molecule has 4 nitrogen and oxygen atoms in total. The van der Waals surface area contributed by atoms with Crippen molar-refractivity contribution in [2.45, 2.75) is 125 Å². The van der Waals surface area contributed by atoms with Gasteiger partial charge in [-0.05, 0) is 110 Å². The van der Waals surface area contributed by atoms with Gasteiger partial charge in [0.1, 0.15) is 11.6 Å². The fourth-order valence-corrected chi connectivity index (χ4v) is 8.81. The average Bonchev–Trinajstić information content (AvgIpc) is 3.66. The molecule has 0 saturated carbocycles. The molecule has 0 spiro atoms. The summed E-state index contributed by atoms with van der Waals surface area (Å²) in [6.07, 6.45) is 1.84. The summed E-state index contributed by atoms with van der Waals surface area (Å²) in [5.41, 5.74) is 12.0. The van der Waals surface area contributed by atoms with Crippen LogP contribution in [0, 0.1) is 12.9 Å². The van der Waals surface area contributed by atoms with Crippen molar-refractivity contribution in [3.05, 3.63) is 167 Å². The maximum Gasteiger partial charge on any atom is 0.148 e. The second-order valence-electron chi connectivity index (χ2n) is 21.1. The molecule has 66 heavy (non-hydrogen) atoms. The van der Waals surface area contributed by atoms with E-state index >= 15 is 0 Å². The van der Waals surface area contributed by atoms with Gasteiger partial charge in [-0.15, -0.1) is 29.3 Å². The number of fused-ring (bicyclic) bond motifs is 1. The largest absolute Gasteiger partial charge is 0.507 e. The van der Waals surface area contributed by atoms with Gasteiger partial charge in [-0.1, -0.05) is 180 Å². The van der Waals surface area contributed by atoms with E-state index in [0.29, 0.717) is 50.4 Å². The molecule has 6 aromatic carbocycles. The number of aryl methyl sites for hydroxylation is 1. The Morgan fingerprint density at radius 2 is 1.26 bits per heavy atom. The molecule has 0 radical (unpaired) electrons. The molecule has 8 rings (SSSR count). The van der Waals surface area contributed by atoms with Gasteiger partial charge in [0.05, 0.1) is 22.3 Å². The van der Waals surface area contributed by atoms with E-state index in [1.54, 1.807) is 6.07 Å². The number of pyridine rings is 1. The second kappa shape index (κ2) is 18.3. The van der Waals surface area contributed by atoms with E-state index in [1.165, 1.54) is 0 Å². The minimum atomic E-state index is -2.63. The van der Waals surface area contributed by atoms with Gasteiger partial charge in [0, 0.05) is 45.4 Å². The number of para-hydroxylation sites is 1. The number of phenols is 1. The van der Waals surface area contributed by atoms with Gasteiger partial charge < -0.3 is 5.11 Å². The van der Waals surface area contributed by atoms with Crippen molar-refractivity contribution in [2.75, 3.05) is 0 Å². The molecule has 8 aromatic rings. The normalized spacial score (nSPS) is 13.9. The number of nitrogens with zero attached hydrogens (tertiary/aromatic N) is 3. The van der Waals surface area contributed by atoms with Crippen molar-refractivity contribution in [2.24, 2.45) is 0 Å². The Morgan fingerprint density at radius 3 is 1.88 bits per heavy atom. The number of aromatic nitrogens is 3. The maximum absolute atomic E-state index is 12.6. The Balaban J connectivity index is 0.00000741. The van der Waals surface area contributed by atoms with Crippen molar-refractivity contribution in [1.29, 1.82) is 0 Å². The van der Waals surface area contributed by atoms with Gasteiger partial charge in [0.25, 0.3) is 0 Å². The zero-order valence-corrected chi connectivity index (χ0v) is 43.0. The fraction of sp³-hybridized carbons (Fsp3) is 0.311. The molecule has 342 valence electrons. The van der Waals surface area contributed by atoms with E-state index in [0.717, 1.165) is 50.2 Å². The standard InChI is InChI=1S/C61H66N3O.Pt/c1-37(2)47-22-18-23-48(38(3)4)55(47)42-26-27-53(39(5)30-42)64-54-25-19-24-49(56(54)63-58(64)50-35-46(60(9,10)11)36-51(57(50)65)61(12,13)14)43-31-44(33-45(32-43)59(6,7)8)52-34-41(28-29-62-52)40-20-16-15-17-21-40;/h15-30,32-38,65H,1-14H3;/q-1;/i5D3,37D,38D;. The zero-order chi connectivity index (χ0) is 51.1. The third-order valence-corrected chi connectivity index (χ3v) is 12.5. The van der Waals surface area contributed by atoms with Crippen LogP contribution in [0.25, 0.3) is 72.7 Å². The Morgan fingerprint density at radius 1 is 0.621 bits per heavy atom. The smallest absolute Gasteiger partial charge is 0.148 e. The predicted molar refractivity (Wildman–Crippen MR) is 276 cm³/mol. The quantitative estimate of drug-likeness (QED) is 0.154. The van der Waals surface area contributed by atoms with E-state index in [2.05, 4.69) is 105 Å². The van der Waals surface area contributed by atoms with Crippen LogP contribution in [0.5, 0.6) is 5.75 Å². The van der Waals surface area contributed by atoms with Gasteiger partial charge in [0.15, 0.2) is 0 Å². The molecular formula is C61H66N3OPt-. The topological polar surface area (TPSA) is 50.9 Å². The monoisotopic (exact) mass is 1060 g/mol. The van der Waals surface area contributed by atoms with Gasteiger partial charge in [0.2, 0.25) is 0 Å². The van der Waals surface area contributed by atoms with Crippen molar-refractivity contribution >= 4 is 11.0 Å². The molecule has 0 atom stereocenters. The van der Waals surface area contributed by atoms with Crippen LogP contribution < -0.4 is 0 Å². The van der Waals surface area contributed by atoms with Gasteiger partial charge in [-0.25, -0.2) is 4.98 Å². The molecular weight excluding hydrogens is 986 g/mol. The van der Waals surface area contributed by atoms with Crippen LogP contribution in [0.15, 0.2) is 128 Å². The van der Waals surface area contributed by atoms with Crippen LogP contribution in [-0.4, -0.2) is 19.6 Å². The number of hydrogen-bond acceptors (Lipinski definition) is 3. The Bertz CT molecular complexity index is 3250. The molecule has 0 saturated heterocycles. The van der Waals surface area contributed by atoms with Gasteiger partial charge in [-0.2, -0.15) is 0 Å². The number of aromatic hydroxyl groups is 1. The first-order valence-electron chi connectivity index (χ1n) is 25.2. The van der Waals surface area contributed by atoms with E-state index < -0.39 is 24.1 Å². The Hall–Kier alpha value is -5.57. The summed E-state index contributed by atoms with van der Waals surface area (Å²) >= 11 is 0. The number of benzene rings is 6. The van der Waals surface area contributed by atoms with Crippen LogP contribution in [-0.2, 0) is 37.3 Å². The first-order chi connectivity index (χ1) is 32.4. The average molecular weight is 1060 g/mol. The molecule has 0 fully saturated rings. The zero-order valence-electron chi connectivity index (χ0n) is 45.7. The molecule has 2 heterocycles. The van der Waals surface area contributed by atoms with Crippen LogP contribution in [0.3, 0.4) is 0 Å². The summed E-state index contributed by atoms with van der Waals surface area (Å²) in [5, 5.41) is 12.6. The number of hydrogen-bond donors (Lipinski definition) is 1. The Labute approximate surface area is 415 Å². The number of phenolic OH excluding ortho intramolecular Hbond substituents is 1. The minimum absolute atomic E-state index is 0. The third-order valence-electron chi connectivity index (χ3n) is 12.5. The van der Waals surface area contributed by atoms with Crippen molar-refractivity contribution < 1.29 is 33.0 Å². The van der Waals surface area contributed by atoms with Crippen LogP contribution >= 0.6 is 0 Å². The summed E-state index contributed by atoms with van der Waals surface area (Å²) in [5.74, 6) is -1.64. The molecule has 0 aliphatic carbocycles. The molecule has 0 aliphatic rings. The van der Waals surface area contributed by atoms with Crippen molar-refractivity contribution in [3.8, 4) is 67.5 Å². The van der Waals surface area contributed by atoms with Crippen molar-refractivity contribution in [1.82, 2.24) is 14.5 Å². The first kappa shape index (κ1) is 41.8. The van der Waals surface area contributed by atoms with E-state index in [4.69, 9.17) is 9.97 Å². The van der Waals surface area contributed by atoms with Gasteiger partial charge >= 0.3 is 0 Å². The second-order valence-corrected chi connectivity index (χ2v) is 21.1. The maximum atomic E-state index is 12.6. The Kier molecular flexibility index (Phi) is 11.6. The molecule has 0 unspecified atom stereocenters. The van der Waals surface area contributed by atoms with Crippen molar-refractivity contribution in [3.63, 3.8) is 0 Å². The first-order valence-corrected chi connectivity index (χ1v) is 22.7. The number of rotatable bonds is 8. The van der Waals surface area contributed by atoms with Crippen LogP contribution in [0.4, 0.5) is 0 Å². The summed E-state index contributed by atoms with van der Waals surface area (Å²) in [7, 11) is 0. The van der Waals surface area contributed by atoms with E-state index in [-0.39, 0.29) is 43.2 Å².